The summed E-state index contributed by atoms with van der Waals surface area (Å²) in [6, 6.07) is 8.66. The predicted molar refractivity (Wildman–Crippen MR) is 103 cm³/mol. The molecule has 2 aromatic rings. The van der Waals surface area contributed by atoms with Crippen LogP contribution < -0.4 is 0 Å². The third kappa shape index (κ3) is 5.31. The summed E-state index contributed by atoms with van der Waals surface area (Å²) in [6.45, 7) is 0.715. The van der Waals surface area contributed by atoms with Crippen LogP contribution in [0.1, 0.15) is 42.4 Å². The topological polar surface area (TPSA) is 98.6 Å². The van der Waals surface area contributed by atoms with Crippen molar-refractivity contribution in [3.8, 4) is 12.1 Å². The van der Waals surface area contributed by atoms with Crippen LogP contribution in [0.25, 0.3) is 0 Å². The van der Waals surface area contributed by atoms with Gasteiger partial charge < -0.3 is 9.47 Å². The van der Waals surface area contributed by atoms with E-state index in [9.17, 15) is 4.79 Å². The number of hydrogen-bond donors (Lipinski definition) is 0. The summed E-state index contributed by atoms with van der Waals surface area (Å²) < 4.78 is 2.17. The highest BCUT2D eigenvalue weighted by Crippen LogP contribution is 2.39. The van der Waals surface area contributed by atoms with E-state index in [1.165, 1.54) is 16.6 Å². The van der Waals surface area contributed by atoms with Gasteiger partial charge in [0.1, 0.15) is 5.82 Å². The van der Waals surface area contributed by atoms with Crippen LogP contribution in [0.4, 0.5) is 0 Å². The highest BCUT2D eigenvalue weighted by Gasteiger charge is 2.30. The van der Waals surface area contributed by atoms with Crippen molar-refractivity contribution in [2.24, 2.45) is 0 Å². The van der Waals surface area contributed by atoms with E-state index in [2.05, 4.69) is 38.3 Å². The number of nitriles is 2. The van der Waals surface area contributed by atoms with Gasteiger partial charge in [-0.3, -0.25) is 4.79 Å². The fourth-order valence-electron chi connectivity index (χ4n) is 2.74. The molecule has 1 aliphatic carbocycles. The van der Waals surface area contributed by atoms with Crippen LogP contribution in [0.5, 0.6) is 0 Å². The Hall–Kier alpha value is -2.36. The minimum absolute atomic E-state index is 0.0735. The van der Waals surface area contributed by atoms with Crippen molar-refractivity contribution in [3.05, 3.63) is 28.2 Å². The first kappa shape index (κ1) is 19.4. The number of rotatable bonds is 10. The molecule has 1 fully saturated rings. The number of carbonyl (C=O) groups is 1. The van der Waals surface area contributed by atoms with Gasteiger partial charge in [-0.05, 0) is 24.3 Å². The molecule has 3 rings (SSSR count). The lowest BCUT2D eigenvalue weighted by Gasteiger charge is -2.20. The van der Waals surface area contributed by atoms with Crippen molar-refractivity contribution in [3.63, 3.8) is 0 Å². The van der Waals surface area contributed by atoms with Crippen molar-refractivity contribution < 1.29 is 4.79 Å². The molecule has 0 radical (unpaired) electrons. The van der Waals surface area contributed by atoms with Gasteiger partial charge in [0.2, 0.25) is 5.91 Å². The molecule has 1 aliphatic rings. The minimum atomic E-state index is -0.0735. The Morgan fingerprint density at radius 3 is 2.63 bits per heavy atom. The quantitative estimate of drug-likeness (QED) is 0.569. The van der Waals surface area contributed by atoms with Crippen LogP contribution in [0.2, 0.25) is 0 Å². The third-order valence-electron chi connectivity index (χ3n) is 4.22. The molecule has 0 N–H and O–H groups in total. The number of nitrogens with zero attached hydrogens (tertiary/aromatic N) is 6. The molecule has 0 saturated heterocycles. The second kappa shape index (κ2) is 9.54. The summed E-state index contributed by atoms with van der Waals surface area (Å²) in [4.78, 5) is 15.4. The van der Waals surface area contributed by atoms with E-state index in [4.69, 9.17) is 10.5 Å². The maximum atomic E-state index is 12.5. The number of aromatic nitrogens is 3. The minimum Gasteiger partial charge on any atom is -0.340 e. The van der Waals surface area contributed by atoms with Crippen molar-refractivity contribution >= 4 is 29.0 Å². The van der Waals surface area contributed by atoms with E-state index in [-0.39, 0.29) is 24.5 Å². The maximum absolute atomic E-state index is 12.5. The number of carbonyl (C=O) groups excluding carboxylic acids is 1. The monoisotopic (exact) mass is 400 g/mol. The lowest BCUT2D eigenvalue weighted by Crippen LogP contribution is -2.34. The standard InChI is InChI=1S/C18H20N6OS2/c19-7-2-9-23(10-3-8-20)17(25)13-27-18-22-21-16(24(18)14-5-6-14)12-15-4-1-11-26-15/h1,4,11,14H,2-3,5-6,9-10,12-13H2. The van der Waals surface area contributed by atoms with Crippen molar-refractivity contribution in [2.45, 2.75) is 43.3 Å². The summed E-state index contributed by atoms with van der Waals surface area (Å²) in [5, 5.41) is 29.0. The maximum Gasteiger partial charge on any atom is 0.233 e. The molecule has 0 unspecified atom stereocenters. The normalized spacial score (nSPS) is 13.1. The first-order chi connectivity index (χ1) is 13.2. The Morgan fingerprint density at radius 2 is 2.04 bits per heavy atom. The van der Waals surface area contributed by atoms with Gasteiger partial charge in [-0.25, -0.2) is 0 Å². The Kier molecular flexibility index (Phi) is 6.86. The van der Waals surface area contributed by atoms with Gasteiger partial charge in [0.15, 0.2) is 5.16 Å². The van der Waals surface area contributed by atoms with Crippen LogP contribution >= 0.6 is 23.1 Å². The SMILES string of the molecule is N#CCCN(CCC#N)C(=O)CSc1nnc(Cc2cccs2)n1C1CC1. The van der Waals surface area contributed by atoms with Gasteiger partial charge in [-0.15, -0.1) is 21.5 Å². The number of thiophene rings is 1. The van der Waals surface area contributed by atoms with Crippen molar-refractivity contribution in [1.82, 2.24) is 19.7 Å². The number of hydrogen-bond acceptors (Lipinski definition) is 7. The molecule has 27 heavy (non-hydrogen) atoms. The van der Waals surface area contributed by atoms with E-state index in [1.54, 1.807) is 16.2 Å². The Balaban J connectivity index is 1.64. The molecule has 2 aromatic heterocycles. The molecule has 0 spiro atoms. The van der Waals surface area contributed by atoms with Crippen LogP contribution in [0, 0.1) is 22.7 Å². The summed E-state index contributed by atoms with van der Waals surface area (Å²) in [5.74, 6) is 1.11. The molecule has 0 atom stereocenters. The van der Waals surface area contributed by atoms with Gasteiger partial charge in [0.05, 0.1) is 30.7 Å². The lowest BCUT2D eigenvalue weighted by molar-refractivity contribution is -0.128. The fraction of sp³-hybridized carbons (Fsp3) is 0.500. The Labute approximate surface area is 166 Å². The predicted octanol–water partition coefficient (Wildman–Crippen LogP) is 3.01. The Morgan fingerprint density at radius 1 is 1.30 bits per heavy atom. The van der Waals surface area contributed by atoms with Crippen molar-refractivity contribution in [2.75, 3.05) is 18.8 Å². The Bertz CT molecular complexity index is 826. The van der Waals surface area contributed by atoms with Gasteiger partial charge in [-0.1, -0.05) is 17.8 Å². The van der Waals surface area contributed by atoms with Gasteiger partial charge in [0, 0.05) is 30.4 Å². The van der Waals surface area contributed by atoms with E-state index < -0.39 is 0 Å². The molecule has 1 amide bonds. The van der Waals surface area contributed by atoms with Crippen LogP contribution in [-0.2, 0) is 11.2 Å². The molecule has 7 nitrogen and oxygen atoms in total. The second-order valence-corrected chi connectivity index (χ2v) is 8.22. The van der Waals surface area contributed by atoms with Crippen LogP contribution in [-0.4, -0.2) is 44.4 Å². The summed E-state index contributed by atoms with van der Waals surface area (Å²) in [6.07, 6.45) is 3.53. The fourth-order valence-corrected chi connectivity index (χ4v) is 4.37. The summed E-state index contributed by atoms with van der Waals surface area (Å²) in [5.41, 5.74) is 0. The molecule has 0 aromatic carbocycles. The van der Waals surface area contributed by atoms with E-state index in [0.29, 0.717) is 19.1 Å². The van der Waals surface area contributed by atoms with Gasteiger partial charge >= 0.3 is 0 Å². The zero-order chi connectivity index (χ0) is 19.1. The van der Waals surface area contributed by atoms with Crippen LogP contribution in [0.15, 0.2) is 22.7 Å². The summed E-state index contributed by atoms with van der Waals surface area (Å²) >= 11 is 3.09. The zero-order valence-corrected chi connectivity index (χ0v) is 16.5. The zero-order valence-electron chi connectivity index (χ0n) is 14.9. The lowest BCUT2D eigenvalue weighted by atomic mass is 10.3. The number of amides is 1. The second-order valence-electron chi connectivity index (χ2n) is 6.24. The van der Waals surface area contributed by atoms with E-state index in [0.717, 1.165) is 30.2 Å². The molecule has 0 aliphatic heterocycles. The first-order valence-corrected chi connectivity index (χ1v) is 10.7. The van der Waals surface area contributed by atoms with E-state index >= 15 is 0 Å². The highest BCUT2D eigenvalue weighted by atomic mass is 32.2. The molecule has 140 valence electrons. The summed E-state index contributed by atoms with van der Waals surface area (Å²) in [7, 11) is 0. The average molecular weight is 401 g/mol. The van der Waals surface area contributed by atoms with Crippen LogP contribution in [0.3, 0.4) is 0 Å². The third-order valence-corrected chi connectivity index (χ3v) is 6.03. The molecular weight excluding hydrogens is 380 g/mol. The van der Waals surface area contributed by atoms with Gasteiger partial charge in [0.25, 0.3) is 0 Å². The smallest absolute Gasteiger partial charge is 0.233 e. The molecule has 2 heterocycles. The average Bonchev–Trinajstić information content (AvgIpc) is 3.22. The molecule has 9 heteroatoms. The highest BCUT2D eigenvalue weighted by molar-refractivity contribution is 7.99. The molecule has 1 saturated carbocycles. The molecule has 0 bridgehead atoms. The van der Waals surface area contributed by atoms with Crippen molar-refractivity contribution in [1.29, 1.82) is 10.5 Å². The molecular formula is C18H20N6OS2. The number of thioether (sulfide) groups is 1. The first-order valence-electron chi connectivity index (χ1n) is 8.83. The van der Waals surface area contributed by atoms with E-state index in [1.807, 2.05) is 6.07 Å². The van der Waals surface area contributed by atoms with Gasteiger partial charge in [-0.2, -0.15) is 10.5 Å². The largest absolute Gasteiger partial charge is 0.340 e.